The lowest BCUT2D eigenvalue weighted by Gasteiger charge is -2.21. The van der Waals surface area contributed by atoms with Crippen molar-refractivity contribution in [2.45, 2.75) is 58.1 Å². The Bertz CT molecular complexity index is 1100. The van der Waals surface area contributed by atoms with Crippen LogP contribution in [0.3, 0.4) is 0 Å². The lowest BCUT2D eigenvalue weighted by atomic mass is 10.0. The predicted molar refractivity (Wildman–Crippen MR) is 119 cm³/mol. The van der Waals surface area contributed by atoms with Gasteiger partial charge < -0.3 is 5.32 Å². The summed E-state index contributed by atoms with van der Waals surface area (Å²) in [5.74, 6) is -0.0240. The summed E-state index contributed by atoms with van der Waals surface area (Å²) >= 11 is 1.84. The van der Waals surface area contributed by atoms with E-state index in [1.54, 1.807) is 6.92 Å². The summed E-state index contributed by atoms with van der Waals surface area (Å²) in [7, 11) is -5.19. The maximum Gasteiger partial charge on any atom is 0.221 e. The maximum absolute atomic E-state index is 12.0. The summed E-state index contributed by atoms with van der Waals surface area (Å²) in [5, 5.41) is 3.12. The van der Waals surface area contributed by atoms with Crippen LogP contribution in [0.4, 0.5) is 5.69 Å². The van der Waals surface area contributed by atoms with E-state index in [1.165, 1.54) is 35.6 Å². The van der Waals surface area contributed by atoms with E-state index in [9.17, 15) is 4.79 Å². The Hall–Kier alpha value is -2.04. The first kappa shape index (κ1) is 25.6. The largest absolute Gasteiger partial charge is 0.322 e. The Morgan fingerprint density at radius 2 is 1.30 bits per heavy atom. The number of nitrogens with one attached hydrogen (secondary N) is 1. The molecule has 33 heavy (non-hydrogen) atoms. The van der Waals surface area contributed by atoms with Gasteiger partial charge >= 0.3 is 0 Å². The van der Waals surface area contributed by atoms with Crippen LogP contribution in [0.2, 0.25) is 0 Å². The van der Waals surface area contributed by atoms with Gasteiger partial charge in [0.25, 0.3) is 0 Å². The number of benzene rings is 3. The summed E-state index contributed by atoms with van der Waals surface area (Å²) in [6.45, 7) is 5.97. The SMILES string of the molecule is CCc1cc(NC(C)=O)c([S+]2c3ccccc3Sc3ccccc32)cc1CC.[O-][Cl+3]([O-])([O-])[O-]. The zero-order valence-electron chi connectivity index (χ0n) is 18.4. The fourth-order valence-corrected chi connectivity index (χ4v) is 7.55. The van der Waals surface area contributed by atoms with Crippen LogP contribution in [0.1, 0.15) is 31.9 Å². The van der Waals surface area contributed by atoms with Crippen molar-refractivity contribution >= 4 is 34.3 Å². The highest BCUT2D eigenvalue weighted by molar-refractivity contribution is 8.04. The number of anilines is 1. The average Bonchev–Trinajstić information content (AvgIpc) is 2.76. The maximum atomic E-state index is 12.0. The second-order valence-corrected chi connectivity index (χ2v) is 11.0. The Kier molecular flexibility index (Phi) is 8.47. The average molecular weight is 506 g/mol. The van der Waals surface area contributed by atoms with Crippen LogP contribution in [0.15, 0.2) is 85.1 Å². The van der Waals surface area contributed by atoms with Crippen LogP contribution in [0, 0.1) is 10.2 Å². The van der Waals surface area contributed by atoms with Crippen molar-refractivity contribution in [3.8, 4) is 0 Å². The highest BCUT2D eigenvalue weighted by Crippen LogP contribution is 2.49. The minimum Gasteiger partial charge on any atom is -0.322 e. The molecule has 0 spiro atoms. The number of hydrogen-bond donors (Lipinski definition) is 1. The molecule has 0 radical (unpaired) electrons. The summed E-state index contributed by atoms with van der Waals surface area (Å²) < 4.78 is 34.0. The van der Waals surface area contributed by atoms with E-state index >= 15 is 0 Å². The number of amides is 1. The number of rotatable bonds is 4. The van der Waals surface area contributed by atoms with E-state index < -0.39 is 10.2 Å². The van der Waals surface area contributed by atoms with Crippen molar-refractivity contribution in [2.24, 2.45) is 0 Å². The second-order valence-electron chi connectivity index (χ2n) is 7.19. The first-order chi connectivity index (χ1) is 15.6. The highest BCUT2D eigenvalue weighted by atomic mass is 35.7. The second kappa shape index (κ2) is 10.9. The number of fused-ring (bicyclic) bond motifs is 2. The van der Waals surface area contributed by atoms with Crippen molar-refractivity contribution in [2.75, 3.05) is 5.32 Å². The molecule has 1 heterocycles. The van der Waals surface area contributed by atoms with Gasteiger partial charge in [0, 0.05) is 6.92 Å². The molecular formula is C24H24ClNO5S2. The molecule has 174 valence electrons. The highest BCUT2D eigenvalue weighted by Gasteiger charge is 2.40. The number of halogens is 1. The molecular weight excluding hydrogens is 482 g/mol. The van der Waals surface area contributed by atoms with Gasteiger partial charge in [-0.2, -0.15) is 0 Å². The van der Waals surface area contributed by atoms with Crippen molar-refractivity contribution < 1.29 is 33.7 Å². The number of hydrogen-bond acceptors (Lipinski definition) is 6. The zero-order valence-corrected chi connectivity index (χ0v) is 20.8. The molecule has 0 bridgehead atoms. The third kappa shape index (κ3) is 6.51. The van der Waals surface area contributed by atoms with Gasteiger partial charge in [-0.15, -0.1) is 10.2 Å². The molecule has 3 aromatic rings. The van der Waals surface area contributed by atoms with Gasteiger partial charge in [-0.25, -0.2) is 18.6 Å². The topological polar surface area (TPSA) is 121 Å². The molecule has 0 atom stereocenters. The molecule has 1 aliphatic heterocycles. The first-order valence-electron chi connectivity index (χ1n) is 10.3. The summed E-state index contributed by atoms with van der Waals surface area (Å²) in [6, 6.07) is 21.8. The summed E-state index contributed by atoms with van der Waals surface area (Å²) in [6.07, 6.45) is 1.96. The third-order valence-corrected chi connectivity index (χ3v) is 8.73. The molecule has 9 heteroatoms. The van der Waals surface area contributed by atoms with Crippen LogP contribution in [0.5, 0.6) is 0 Å². The fraction of sp³-hybridized carbons (Fsp3) is 0.208. The molecule has 0 saturated heterocycles. The lowest BCUT2D eigenvalue weighted by Crippen LogP contribution is -2.68. The molecule has 3 aromatic carbocycles. The van der Waals surface area contributed by atoms with E-state index in [2.05, 4.69) is 79.8 Å². The molecule has 4 rings (SSSR count). The normalized spacial score (nSPS) is 12.8. The molecule has 1 N–H and O–H groups in total. The molecule has 1 aliphatic rings. The van der Waals surface area contributed by atoms with Crippen molar-refractivity contribution in [3.63, 3.8) is 0 Å². The minimum atomic E-state index is -4.94. The van der Waals surface area contributed by atoms with Crippen LogP contribution >= 0.6 is 11.8 Å². The third-order valence-electron chi connectivity index (χ3n) is 4.95. The molecule has 0 aliphatic carbocycles. The summed E-state index contributed by atoms with van der Waals surface area (Å²) in [5.41, 5.74) is 3.63. The van der Waals surface area contributed by atoms with Crippen molar-refractivity contribution in [3.05, 3.63) is 71.8 Å². The van der Waals surface area contributed by atoms with Gasteiger partial charge in [0.1, 0.15) is 10.9 Å². The Balaban J connectivity index is 0.000000555. The van der Waals surface area contributed by atoms with E-state index in [-0.39, 0.29) is 16.8 Å². The smallest absolute Gasteiger partial charge is 0.221 e. The molecule has 0 unspecified atom stereocenters. The van der Waals surface area contributed by atoms with Gasteiger partial charge in [-0.1, -0.05) is 49.9 Å². The van der Waals surface area contributed by atoms with Crippen molar-refractivity contribution in [1.82, 2.24) is 0 Å². The van der Waals surface area contributed by atoms with Crippen LogP contribution in [0.25, 0.3) is 0 Å². The summed E-state index contributed by atoms with van der Waals surface area (Å²) in [4.78, 5) is 18.5. The van der Waals surface area contributed by atoms with Crippen LogP contribution in [-0.4, -0.2) is 5.91 Å². The number of aryl methyl sites for hydroxylation is 2. The predicted octanol–water partition coefficient (Wildman–Crippen LogP) is 1.57. The monoisotopic (exact) mass is 505 g/mol. The fourth-order valence-electron chi connectivity index (χ4n) is 3.66. The number of carbonyl (C=O) groups excluding carboxylic acids is 1. The van der Waals surface area contributed by atoms with Gasteiger partial charge in [0.2, 0.25) is 5.91 Å². The Labute approximate surface area is 202 Å². The number of carbonyl (C=O) groups is 1. The van der Waals surface area contributed by atoms with Crippen LogP contribution in [-0.2, 0) is 28.5 Å². The zero-order chi connectivity index (χ0) is 24.2. The van der Waals surface area contributed by atoms with E-state index in [1.807, 2.05) is 11.8 Å². The molecule has 1 amide bonds. The van der Waals surface area contributed by atoms with Gasteiger partial charge in [-0.05, 0) is 60.4 Å². The molecule has 0 saturated carbocycles. The van der Waals surface area contributed by atoms with Gasteiger partial charge in [0.15, 0.2) is 14.7 Å². The van der Waals surface area contributed by atoms with Crippen LogP contribution < -0.4 is 24.0 Å². The van der Waals surface area contributed by atoms with Gasteiger partial charge in [-0.3, -0.25) is 4.79 Å². The van der Waals surface area contributed by atoms with Gasteiger partial charge in [0.05, 0.1) is 15.5 Å². The van der Waals surface area contributed by atoms with E-state index in [0.29, 0.717) is 0 Å². The van der Waals surface area contributed by atoms with E-state index in [0.717, 1.165) is 18.5 Å². The Morgan fingerprint density at radius 1 is 0.848 bits per heavy atom. The molecule has 0 aromatic heterocycles. The first-order valence-corrected chi connectivity index (χ1v) is 13.5. The molecule has 6 nitrogen and oxygen atoms in total. The minimum absolute atomic E-state index is 0.0240. The quantitative estimate of drug-likeness (QED) is 0.420. The van der Waals surface area contributed by atoms with E-state index in [4.69, 9.17) is 18.6 Å². The molecule has 0 fully saturated rings. The standard InChI is InChI=1S/C24H23NOS2.ClHO4/c1-4-17-14-19(25-16(3)26)24(15-18(17)5-2)28-22-12-8-6-10-20(22)27-21-11-7-9-13-23(21)28;2-1(3,4)5/h6-15H,4-5H2,1-3H3;(H,2,3,4,5). The lowest BCUT2D eigenvalue weighted by molar-refractivity contribution is -2.00. The van der Waals surface area contributed by atoms with Crippen molar-refractivity contribution in [1.29, 1.82) is 0 Å². The Morgan fingerprint density at radius 3 is 1.76 bits per heavy atom.